The molecule has 1 heterocycles. The molecular weight excluding hydrogens is 350 g/mol. The van der Waals surface area contributed by atoms with Gasteiger partial charge in [0.2, 0.25) is 11.8 Å². The van der Waals surface area contributed by atoms with Gasteiger partial charge in [-0.3, -0.25) is 9.59 Å². The third-order valence-electron chi connectivity index (χ3n) is 4.47. The van der Waals surface area contributed by atoms with Crippen molar-refractivity contribution in [3.63, 3.8) is 0 Å². The lowest BCUT2D eigenvalue weighted by Gasteiger charge is -2.34. The van der Waals surface area contributed by atoms with Crippen molar-refractivity contribution in [3.05, 3.63) is 53.1 Å². The third-order valence-corrected chi connectivity index (χ3v) is 4.79. The molecule has 2 aromatic carbocycles. The molecule has 6 heteroatoms. The average molecular weight is 372 g/mol. The summed E-state index contributed by atoms with van der Waals surface area (Å²) < 4.78 is 0. The van der Waals surface area contributed by atoms with Gasteiger partial charge in [-0.2, -0.15) is 0 Å². The Morgan fingerprint density at radius 2 is 2.00 bits per heavy atom. The maximum atomic E-state index is 13.0. The van der Waals surface area contributed by atoms with E-state index in [4.69, 9.17) is 11.6 Å². The van der Waals surface area contributed by atoms with Crippen LogP contribution >= 0.6 is 11.6 Å². The Bertz CT molecular complexity index is 838. The van der Waals surface area contributed by atoms with Crippen LogP contribution in [-0.2, 0) is 9.59 Å². The topological polar surface area (TPSA) is 61.4 Å². The molecule has 0 aliphatic carbocycles. The van der Waals surface area contributed by atoms with Gasteiger partial charge in [-0.1, -0.05) is 29.8 Å². The van der Waals surface area contributed by atoms with E-state index in [1.54, 1.807) is 11.0 Å². The molecule has 0 bridgehead atoms. The molecule has 2 amide bonds. The standard InChI is InChI=1S/C20H22ClN3O2/c1-13-9-10-15(22-14(2)25)12-18(13)23-17-7-5-11-24(20(17)26)19-8-4-3-6-16(19)21/h3-4,6,8-10,12,17,23H,5,7,11H2,1-2H3,(H,22,25). The Balaban J connectivity index is 1.81. The number of hydrogen-bond donors (Lipinski definition) is 2. The summed E-state index contributed by atoms with van der Waals surface area (Å²) >= 11 is 6.27. The first-order chi connectivity index (χ1) is 12.5. The summed E-state index contributed by atoms with van der Waals surface area (Å²) in [4.78, 5) is 26.0. The van der Waals surface area contributed by atoms with E-state index in [1.807, 2.05) is 43.3 Å². The maximum absolute atomic E-state index is 13.0. The molecule has 5 nitrogen and oxygen atoms in total. The highest BCUT2D eigenvalue weighted by molar-refractivity contribution is 6.33. The van der Waals surface area contributed by atoms with Gasteiger partial charge in [-0.25, -0.2) is 0 Å². The second kappa shape index (κ2) is 7.79. The number of rotatable bonds is 4. The second-order valence-electron chi connectivity index (χ2n) is 6.49. The van der Waals surface area contributed by atoms with E-state index in [1.165, 1.54) is 6.92 Å². The van der Waals surface area contributed by atoms with Gasteiger partial charge in [0.25, 0.3) is 0 Å². The molecule has 0 spiro atoms. The van der Waals surface area contributed by atoms with Crippen LogP contribution in [0, 0.1) is 6.92 Å². The predicted molar refractivity (Wildman–Crippen MR) is 106 cm³/mol. The molecular formula is C20H22ClN3O2. The summed E-state index contributed by atoms with van der Waals surface area (Å²) in [5.74, 6) is -0.118. The van der Waals surface area contributed by atoms with Crippen LogP contribution in [0.3, 0.4) is 0 Å². The van der Waals surface area contributed by atoms with Crippen molar-refractivity contribution in [3.8, 4) is 0 Å². The second-order valence-corrected chi connectivity index (χ2v) is 6.90. The number of carbonyl (C=O) groups excluding carboxylic acids is 2. The van der Waals surface area contributed by atoms with Crippen molar-refractivity contribution < 1.29 is 9.59 Å². The molecule has 2 N–H and O–H groups in total. The number of aryl methyl sites for hydroxylation is 1. The largest absolute Gasteiger partial charge is 0.373 e. The number of nitrogens with zero attached hydrogens (tertiary/aromatic N) is 1. The van der Waals surface area contributed by atoms with Gasteiger partial charge in [0.15, 0.2) is 0 Å². The number of hydrogen-bond acceptors (Lipinski definition) is 3. The van der Waals surface area contributed by atoms with E-state index >= 15 is 0 Å². The Hall–Kier alpha value is -2.53. The Kier molecular flexibility index (Phi) is 5.47. The van der Waals surface area contributed by atoms with Crippen LogP contribution in [0.1, 0.15) is 25.3 Å². The van der Waals surface area contributed by atoms with E-state index in [-0.39, 0.29) is 17.9 Å². The summed E-state index contributed by atoms with van der Waals surface area (Å²) in [7, 11) is 0. The molecule has 3 rings (SSSR count). The number of amides is 2. The number of carbonyl (C=O) groups is 2. The Morgan fingerprint density at radius 1 is 1.23 bits per heavy atom. The molecule has 0 radical (unpaired) electrons. The summed E-state index contributed by atoms with van der Waals surface area (Å²) in [6.45, 7) is 4.10. The number of benzene rings is 2. The summed E-state index contributed by atoms with van der Waals surface area (Å²) in [6, 6.07) is 12.7. The number of nitrogens with one attached hydrogen (secondary N) is 2. The van der Waals surface area contributed by atoms with Gasteiger partial charge < -0.3 is 15.5 Å². The van der Waals surface area contributed by atoms with Gasteiger partial charge in [0.1, 0.15) is 6.04 Å². The molecule has 1 atom stereocenters. The van der Waals surface area contributed by atoms with Gasteiger partial charge in [0.05, 0.1) is 10.7 Å². The quantitative estimate of drug-likeness (QED) is 0.846. The highest BCUT2D eigenvalue weighted by atomic mass is 35.5. The lowest BCUT2D eigenvalue weighted by Crippen LogP contribution is -2.48. The van der Waals surface area contributed by atoms with Crippen LogP contribution in [0.25, 0.3) is 0 Å². The lowest BCUT2D eigenvalue weighted by molar-refractivity contribution is -0.120. The molecule has 1 unspecified atom stereocenters. The van der Waals surface area contributed by atoms with E-state index in [9.17, 15) is 9.59 Å². The number of para-hydroxylation sites is 1. The number of halogens is 1. The molecule has 1 aliphatic rings. The van der Waals surface area contributed by atoms with Crippen molar-refractivity contribution in [1.82, 2.24) is 0 Å². The molecule has 0 saturated carbocycles. The zero-order valence-electron chi connectivity index (χ0n) is 14.9. The van der Waals surface area contributed by atoms with E-state index < -0.39 is 0 Å². The molecule has 1 aliphatic heterocycles. The van der Waals surface area contributed by atoms with Crippen LogP contribution in [0.4, 0.5) is 17.1 Å². The Morgan fingerprint density at radius 3 is 2.73 bits per heavy atom. The number of anilines is 3. The van der Waals surface area contributed by atoms with Crippen LogP contribution in [0.5, 0.6) is 0 Å². The van der Waals surface area contributed by atoms with Gasteiger partial charge in [-0.15, -0.1) is 0 Å². The lowest BCUT2D eigenvalue weighted by atomic mass is 10.0. The van der Waals surface area contributed by atoms with Crippen molar-refractivity contribution >= 4 is 40.5 Å². The highest BCUT2D eigenvalue weighted by Gasteiger charge is 2.30. The minimum Gasteiger partial charge on any atom is -0.373 e. The third kappa shape index (κ3) is 3.99. The van der Waals surface area contributed by atoms with E-state index in [0.29, 0.717) is 17.3 Å². The summed E-state index contributed by atoms with van der Waals surface area (Å²) in [5.41, 5.74) is 3.31. The summed E-state index contributed by atoms with van der Waals surface area (Å²) in [6.07, 6.45) is 1.64. The zero-order valence-corrected chi connectivity index (χ0v) is 15.6. The normalized spacial score (nSPS) is 17.1. The zero-order chi connectivity index (χ0) is 18.7. The molecule has 1 fully saturated rings. The SMILES string of the molecule is CC(=O)Nc1ccc(C)c(NC2CCCN(c3ccccc3Cl)C2=O)c1. The summed E-state index contributed by atoms with van der Waals surface area (Å²) in [5, 5.41) is 6.69. The van der Waals surface area contributed by atoms with Gasteiger partial charge >= 0.3 is 0 Å². The minimum absolute atomic E-state index is 0.00804. The van der Waals surface area contributed by atoms with Gasteiger partial charge in [-0.05, 0) is 49.6 Å². The van der Waals surface area contributed by atoms with Crippen molar-refractivity contribution in [1.29, 1.82) is 0 Å². The maximum Gasteiger partial charge on any atom is 0.249 e. The van der Waals surface area contributed by atoms with Crippen molar-refractivity contribution in [2.45, 2.75) is 32.7 Å². The van der Waals surface area contributed by atoms with Crippen molar-refractivity contribution in [2.24, 2.45) is 0 Å². The molecule has 1 saturated heterocycles. The molecule has 26 heavy (non-hydrogen) atoms. The predicted octanol–water partition coefficient (Wildman–Crippen LogP) is 4.21. The van der Waals surface area contributed by atoms with E-state index in [2.05, 4.69) is 10.6 Å². The highest BCUT2D eigenvalue weighted by Crippen LogP contribution is 2.30. The molecule has 0 aromatic heterocycles. The first-order valence-electron chi connectivity index (χ1n) is 8.66. The molecule has 2 aromatic rings. The van der Waals surface area contributed by atoms with Gasteiger partial charge in [0, 0.05) is 24.8 Å². The first-order valence-corrected chi connectivity index (χ1v) is 9.04. The van der Waals surface area contributed by atoms with Crippen molar-refractivity contribution in [2.75, 3.05) is 22.1 Å². The van der Waals surface area contributed by atoms with Crippen LogP contribution in [-0.4, -0.2) is 24.4 Å². The van der Waals surface area contributed by atoms with Crippen LogP contribution < -0.4 is 15.5 Å². The van der Waals surface area contributed by atoms with Crippen LogP contribution in [0.2, 0.25) is 5.02 Å². The van der Waals surface area contributed by atoms with Crippen LogP contribution in [0.15, 0.2) is 42.5 Å². The smallest absolute Gasteiger partial charge is 0.249 e. The minimum atomic E-state index is -0.327. The van der Waals surface area contributed by atoms with E-state index in [0.717, 1.165) is 29.8 Å². The fourth-order valence-corrected chi connectivity index (χ4v) is 3.40. The average Bonchev–Trinajstić information content (AvgIpc) is 2.60. The monoisotopic (exact) mass is 371 g/mol. The number of piperidine rings is 1. The fourth-order valence-electron chi connectivity index (χ4n) is 3.17. The molecule has 136 valence electrons. The fraction of sp³-hybridized carbons (Fsp3) is 0.300. The first kappa shape index (κ1) is 18.3. The Labute approximate surface area is 158 Å².